The Morgan fingerprint density at radius 2 is 1.86 bits per heavy atom. The predicted octanol–water partition coefficient (Wildman–Crippen LogP) is 1.19. The zero-order valence-corrected chi connectivity index (χ0v) is 12.1. The predicted molar refractivity (Wildman–Crippen MR) is 75.1 cm³/mol. The Bertz CT molecular complexity index is 486. The first-order valence-corrected chi connectivity index (χ1v) is 6.63. The van der Waals surface area contributed by atoms with Crippen molar-refractivity contribution < 1.29 is 23.9 Å². The van der Waals surface area contributed by atoms with Crippen LogP contribution in [0.2, 0.25) is 0 Å². The molecule has 114 valence electrons. The van der Waals surface area contributed by atoms with Crippen molar-refractivity contribution in [2.24, 2.45) is 0 Å². The second-order valence-corrected chi connectivity index (χ2v) is 4.35. The Hall–Kier alpha value is -2.37. The fourth-order valence-electron chi connectivity index (χ4n) is 1.60. The second-order valence-electron chi connectivity index (χ2n) is 4.35. The van der Waals surface area contributed by atoms with Gasteiger partial charge in [-0.15, -0.1) is 0 Å². The van der Waals surface area contributed by atoms with Crippen molar-refractivity contribution in [2.75, 3.05) is 7.11 Å². The Kier molecular flexibility index (Phi) is 6.94. The van der Waals surface area contributed by atoms with Gasteiger partial charge in [0.05, 0.1) is 13.5 Å². The minimum atomic E-state index is -1.02. The topological polar surface area (TPSA) is 81.7 Å². The van der Waals surface area contributed by atoms with Gasteiger partial charge in [0.15, 0.2) is 0 Å². The van der Waals surface area contributed by atoms with E-state index in [2.05, 4.69) is 10.1 Å². The molecule has 0 spiro atoms. The molecule has 1 atom stereocenters. The number of carbonyl (C=O) groups excluding carboxylic acids is 3. The van der Waals surface area contributed by atoms with Gasteiger partial charge in [-0.1, -0.05) is 37.3 Å². The van der Waals surface area contributed by atoms with Crippen LogP contribution in [0.15, 0.2) is 30.3 Å². The van der Waals surface area contributed by atoms with Gasteiger partial charge in [0.25, 0.3) is 0 Å². The molecule has 0 aromatic heterocycles. The maximum absolute atomic E-state index is 11.7. The molecule has 0 radical (unpaired) electrons. The number of nitrogens with one attached hydrogen (secondary N) is 1. The van der Waals surface area contributed by atoms with Crippen LogP contribution in [0.5, 0.6) is 0 Å². The van der Waals surface area contributed by atoms with Crippen LogP contribution >= 0.6 is 0 Å². The maximum Gasteiger partial charge on any atom is 0.328 e. The molecule has 0 aliphatic rings. The number of amides is 1. The van der Waals surface area contributed by atoms with Gasteiger partial charge in [-0.2, -0.15) is 0 Å². The van der Waals surface area contributed by atoms with Gasteiger partial charge in [-0.05, 0) is 5.56 Å². The maximum atomic E-state index is 11.7. The highest BCUT2D eigenvalue weighted by Crippen LogP contribution is 2.04. The second kappa shape index (κ2) is 8.73. The number of hydrogen-bond acceptors (Lipinski definition) is 5. The largest absolute Gasteiger partial charge is 0.467 e. The number of carbonyl (C=O) groups is 3. The van der Waals surface area contributed by atoms with Crippen molar-refractivity contribution in [1.29, 1.82) is 0 Å². The molecule has 1 N–H and O–H groups in total. The van der Waals surface area contributed by atoms with Crippen LogP contribution in [0, 0.1) is 0 Å². The standard InChI is InChI=1S/C15H19NO5/c1-3-13(17)16-12(15(19)20-2)9-14(18)21-10-11-7-5-4-6-8-11/h4-8,12H,3,9-10H2,1-2H3,(H,16,17)/t12-/m0/s1. The van der Waals surface area contributed by atoms with Gasteiger partial charge in [0.1, 0.15) is 12.6 Å². The van der Waals surface area contributed by atoms with Crippen molar-refractivity contribution in [3.63, 3.8) is 0 Å². The third-order valence-electron chi connectivity index (χ3n) is 2.76. The van der Waals surface area contributed by atoms with Crippen molar-refractivity contribution in [2.45, 2.75) is 32.4 Å². The molecule has 6 heteroatoms. The molecule has 1 rings (SSSR count). The summed E-state index contributed by atoms with van der Waals surface area (Å²) in [5, 5.41) is 2.43. The molecule has 1 aromatic carbocycles. The van der Waals surface area contributed by atoms with Crippen LogP contribution in [0.3, 0.4) is 0 Å². The lowest BCUT2D eigenvalue weighted by molar-refractivity contribution is -0.152. The summed E-state index contributed by atoms with van der Waals surface area (Å²) in [4.78, 5) is 34.6. The van der Waals surface area contributed by atoms with E-state index < -0.39 is 18.0 Å². The third-order valence-corrected chi connectivity index (χ3v) is 2.76. The summed E-state index contributed by atoms with van der Waals surface area (Å²) < 4.78 is 9.63. The van der Waals surface area contributed by atoms with E-state index in [9.17, 15) is 14.4 Å². The molecule has 0 bridgehead atoms. The third kappa shape index (κ3) is 6.07. The Labute approximate surface area is 123 Å². The summed E-state index contributed by atoms with van der Waals surface area (Å²) >= 11 is 0. The summed E-state index contributed by atoms with van der Waals surface area (Å²) in [5.41, 5.74) is 0.845. The van der Waals surface area contributed by atoms with Crippen LogP contribution < -0.4 is 5.32 Å². The molecule has 0 heterocycles. The number of rotatable bonds is 7. The van der Waals surface area contributed by atoms with Gasteiger partial charge in [-0.25, -0.2) is 4.79 Å². The lowest BCUT2D eigenvalue weighted by atomic mass is 10.2. The highest BCUT2D eigenvalue weighted by molar-refractivity contribution is 5.87. The summed E-state index contributed by atoms with van der Waals surface area (Å²) in [6, 6.07) is 8.15. The van der Waals surface area contributed by atoms with E-state index in [4.69, 9.17) is 4.74 Å². The molecule has 1 amide bonds. The zero-order chi connectivity index (χ0) is 15.7. The minimum Gasteiger partial charge on any atom is -0.467 e. The Morgan fingerprint density at radius 1 is 1.19 bits per heavy atom. The fraction of sp³-hybridized carbons (Fsp3) is 0.400. The normalized spacial score (nSPS) is 11.3. The molecular weight excluding hydrogens is 274 g/mol. The van der Waals surface area contributed by atoms with Crippen molar-refractivity contribution in [3.8, 4) is 0 Å². The van der Waals surface area contributed by atoms with E-state index in [1.54, 1.807) is 6.92 Å². The first kappa shape index (κ1) is 16.7. The molecule has 0 aliphatic carbocycles. The molecule has 1 aromatic rings. The van der Waals surface area contributed by atoms with Gasteiger partial charge in [-0.3, -0.25) is 9.59 Å². The number of esters is 2. The average molecular weight is 293 g/mol. The lowest BCUT2D eigenvalue weighted by Crippen LogP contribution is -2.42. The SMILES string of the molecule is CCC(=O)N[C@@H](CC(=O)OCc1ccccc1)C(=O)OC. The van der Waals surface area contributed by atoms with Crippen LogP contribution in [0.1, 0.15) is 25.3 Å². The van der Waals surface area contributed by atoms with Crippen LogP contribution in [-0.4, -0.2) is 31.0 Å². The number of ether oxygens (including phenoxy) is 2. The van der Waals surface area contributed by atoms with Gasteiger partial charge < -0.3 is 14.8 Å². The van der Waals surface area contributed by atoms with Crippen molar-refractivity contribution in [3.05, 3.63) is 35.9 Å². The molecule has 0 saturated heterocycles. The van der Waals surface area contributed by atoms with Gasteiger partial charge in [0, 0.05) is 6.42 Å². The highest BCUT2D eigenvalue weighted by atomic mass is 16.5. The molecule has 6 nitrogen and oxygen atoms in total. The Morgan fingerprint density at radius 3 is 2.43 bits per heavy atom. The molecule has 0 aliphatic heterocycles. The zero-order valence-electron chi connectivity index (χ0n) is 12.1. The first-order chi connectivity index (χ1) is 10.1. The number of benzene rings is 1. The smallest absolute Gasteiger partial charge is 0.328 e. The number of methoxy groups -OCH3 is 1. The Balaban J connectivity index is 2.51. The first-order valence-electron chi connectivity index (χ1n) is 6.63. The fourth-order valence-corrected chi connectivity index (χ4v) is 1.60. The molecular formula is C15H19NO5. The molecule has 0 fully saturated rings. The molecule has 0 saturated carbocycles. The van der Waals surface area contributed by atoms with Gasteiger partial charge >= 0.3 is 11.9 Å². The molecule has 0 unspecified atom stereocenters. The number of hydrogen-bond donors (Lipinski definition) is 1. The van der Waals surface area contributed by atoms with Crippen LogP contribution in [0.25, 0.3) is 0 Å². The van der Waals surface area contributed by atoms with Crippen LogP contribution in [0.4, 0.5) is 0 Å². The van der Waals surface area contributed by atoms with Gasteiger partial charge in [0.2, 0.25) is 5.91 Å². The monoisotopic (exact) mass is 293 g/mol. The minimum absolute atomic E-state index is 0.120. The van der Waals surface area contributed by atoms with Crippen LogP contribution in [-0.2, 0) is 30.5 Å². The van der Waals surface area contributed by atoms with E-state index in [1.807, 2.05) is 30.3 Å². The van der Waals surface area contributed by atoms with E-state index in [1.165, 1.54) is 7.11 Å². The highest BCUT2D eigenvalue weighted by Gasteiger charge is 2.24. The summed E-state index contributed by atoms with van der Waals surface area (Å²) in [6.45, 7) is 1.77. The average Bonchev–Trinajstić information content (AvgIpc) is 2.52. The quantitative estimate of drug-likeness (QED) is 0.764. The van der Waals surface area contributed by atoms with Crippen molar-refractivity contribution in [1.82, 2.24) is 5.32 Å². The van der Waals surface area contributed by atoms with E-state index >= 15 is 0 Å². The van der Waals surface area contributed by atoms with E-state index in [-0.39, 0.29) is 25.4 Å². The summed E-state index contributed by atoms with van der Waals surface area (Å²) in [7, 11) is 1.20. The summed E-state index contributed by atoms with van der Waals surface area (Å²) in [6.07, 6.45) is -0.0438. The van der Waals surface area contributed by atoms with Crippen molar-refractivity contribution >= 4 is 17.8 Å². The molecule has 21 heavy (non-hydrogen) atoms. The van der Waals surface area contributed by atoms with E-state index in [0.29, 0.717) is 0 Å². The lowest BCUT2D eigenvalue weighted by Gasteiger charge is -2.15. The van der Waals surface area contributed by atoms with E-state index in [0.717, 1.165) is 5.56 Å². The summed E-state index contributed by atoms with van der Waals surface area (Å²) in [5.74, 6) is -1.58.